The summed E-state index contributed by atoms with van der Waals surface area (Å²) in [4.78, 5) is 32.4. The first-order valence-corrected chi connectivity index (χ1v) is 3.78. The van der Waals surface area contributed by atoms with Crippen molar-refractivity contribution in [3.8, 4) is 0 Å². The monoisotopic (exact) mass is 186 g/mol. The number of hydrogen-bond donors (Lipinski definition) is 2. The van der Waals surface area contributed by atoms with Crippen molar-refractivity contribution in [1.29, 1.82) is 0 Å². The molecule has 1 aliphatic heterocycles. The molecule has 0 saturated carbocycles. The highest BCUT2D eigenvalue weighted by Gasteiger charge is 2.34. The van der Waals surface area contributed by atoms with Gasteiger partial charge in [-0.2, -0.15) is 0 Å². The van der Waals surface area contributed by atoms with E-state index in [2.05, 4.69) is 4.74 Å². The summed E-state index contributed by atoms with van der Waals surface area (Å²) in [7, 11) is 0. The number of amides is 2. The molecule has 0 aromatic rings. The molecular weight excluding hydrogens is 176 g/mol. The van der Waals surface area contributed by atoms with Gasteiger partial charge in [-0.15, -0.1) is 0 Å². The van der Waals surface area contributed by atoms with Gasteiger partial charge in [0, 0.05) is 13.3 Å². The predicted molar refractivity (Wildman–Crippen MR) is 41.3 cm³/mol. The van der Waals surface area contributed by atoms with Crippen molar-refractivity contribution in [1.82, 2.24) is 5.32 Å². The lowest BCUT2D eigenvalue weighted by Crippen LogP contribution is -2.55. The van der Waals surface area contributed by atoms with Gasteiger partial charge in [0.05, 0.1) is 6.04 Å². The van der Waals surface area contributed by atoms with Crippen LogP contribution in [0.5, 0.6) is 0 Å². The zero-order valence-electron chi connectivity index (χ0n) is 7.07. The molecule has 72 valence electrons. The highest BCUT2D eigenvalue weighted by Crippen LogP contribution is 2.07. The van der Waals surface area contributed by atoms with Crippen molar-refractivity contribution in [2.45, 2.75) is 25.5 Å². The summed E-state index contributed by atoms with van der Waals surface area (Å²) in [6.07, 6.45) is -0.894. The summed E-state index contributed by atoms with van der Waals surface area (Å²) >= 11 is 0. The number of carbonyl (C=O) groups is 3. The molecule has 1 aliphatic rings. The second kappa shape index (κ2) is 3.53. The molecule has 0 radical (unpaired) electrons. The smallest absolute Gasteiger partial charge is 0.303 e. The van der Waals surface area contributed by atoms with Gasteiger partial charge in [0.15, 0.2) is 6.10 Å². The first kappa shape index (κ1) is 9.66. The molecular formula is C7H10N2O4. The zero-order chi connectivity index (χ0) is 10.0. The summed E-state index contributed by atoms with van der Waals surface area (Å²) < 4.78 is 4.64. The van der Waals surface area contributed by atoms with E-state index in [0.29, 0.717) is 0 Å². The zero-order valence-corrected chi connectivity index (χ0v) is 7.07. The Balaban J connectivity index is 2.61. The Kier molecular flexibility index (Phi) is 2.62. The first-order chi connectivity index (χ1) is 6.00. The molecule has 1 saturated heterocycles. The fourth-order valence-electron chi connectivity index (χ4n) is 1.04. The number of nitrogens with two attached hydrogens (primary N) is 1. The number of esters is 1. The standard InChI is InChI=1S/C7H10N2O4/c1-3(10)13-5-2-4(8)6(11)9-7(5)12/h4-5H,2,8H2,1H3,(H,9,11,12). The molecule has 1 rings (SSSR count). The largest absolute Gasteiger partial charge is 0.452 e. The number of nitrogens with one attached hydrogen (secondary N) is 1. The van der Waals surface area contributed by atoms with Gasteiger partial charge < -0.3 is 10.5 Å². The molecule has 0 aromatic heterocycles. The van der Waals surface area contributed by atoms with Crippen LogP contribution in [0.4, 0.5) is 0 Å². The number of piperidine rings is 1. The van der Waals surface area contributed by atoms with Gasteiger partial charge in [-0.1, -0.05) is 0 Å². The average molecular weight is 186 g/mol. The minimum absolute atomic E-state index is 0.0459. The van der Waals surface area contributed by atoms with Gasteiger partial charge in [0.1, 0.15) is 0 Å². The normalized spacial score (nSPS) is 28.2. The van der Waals surface area contributed by atoms with E-state index in [1.165, 1.54) is 6.92 Å². The minimum Gasteiger partial charge on any atom is -0.452 e. The topological polar surface area (TPSA) is 98.5 Å². The van der Waals surface area contributed by atoms with Crippen LogP contribution in [-0.4, -0.2) is 29.9 Å². The summed E-state index contributed by atoms with van der Waals surface area (Å²) in [6, 6.07) is -0.790. The molecule has 1 fully saturated rings. The predicted octanol–water partition coefficient (Wildman–Crippen LogP) is -1.71. The Bertz CT molecular complexity index is 263. The number of imide groups is 1. The van der Waals surface area contributed by atoms with Crippen molar-refractivity contribution in [2.75, 3.05) is 0 Å². The maximum Gasteiger partial charge on any atom is 0.303 e. The van der Waals surface area contributed by atoms with Crippen molar-refractivity contribution in [3.05, 3.63) is 0 Å². The Labute approximate surface area is 74.4 Å². The molecule has 0 spiro atoms. The molecule has 0 aromatic carbocycles. The van der Waals surface area contributed by atoms with E-state index in [4.69, 9.17) is 5.73 Å². The third kappa shape index (κ3) is 2.25. The van der Waals surface area contributed by atoms with E-state index in [1.54, 1.807) is 0 Å². The minimum atomic E-state index is -0.940. The molecule has 6 nitrogen and oxygen atoms in total. The van der Waals surface area contributed by atoms with Crippen LogP contribution in [0.2, 0.25) is 0 Å². The van der Waals surface area contributed by atoms with E-state index in [-0.39, 0.29) is 6.42 Å². The van der Waals surface area contributed by atoms with Crippen molar-refractivity contribution in [3.63, 3.8) is 0 Å². The maximum atomic E-state index is 11.0. The fraction of sp³-hybridized carbons (Fsp3) is 0.571. The molecule has 1 heterocycles. The van der Waals surface area contributed by atoms with Crippen molar-refractivity contribution >= 4 is 17.8 Å². The quantitative estimate of drug-likeness (QED) is 0.375. The fourth-order valence-corrected chi connectivity index (χ4v) is 1.04. The second-order valence-electron chi connectivity index (χ2n) is 2.79. The number of hydrogen-bond acceptors (Lipinski definition) is 5. The van der Waals surface area contributed by atoms with Crippen LogP contribution in [0.1, 0.15) is 13.3 Å². The molecule has 2 atom stereocenters. The average Bonchev–Trinajstić information content (AvgIpc) is 1.99. The van der Waals surface area contributed by atoms with Gasteiger partial charge in [0.25, 0.3) is 5.91 Å². The van der Waals surface area contributed by atoms with Crippen LogP contribution in [0.15, 0.2) is 0 Å². The lowest BCUT2D eigenvalue weighted by molar-refractivity contribution is -0.158. The number of ether oxygens (including phenoxy) is 1. The van der Waals surface area contributed by atoms with Crippen LogP contribution in [-0.2, 0) is 19.1 Å². The highest BCUT2D eigenvalue weighted by molar-refractivity contribution is 6.02. The lowest BCUT2D eigenvalue weighted by atomic mass is 10.0. The Hall–Kier alpha value is -1.43. The van der Waals surface area contributed by atoms with Crippen LogP contribution in [0.3, 0.4) is 0 Å². The van der Waals surface area contributed by atoms with Crippen LogP contribution in [0, 0.1) is 0 Å². The maximum absolute atomic E-state index is 11.0. The summed E-state index contributed by atoms with van der Waals surface area (Å²) in [5.74, 6) is -1.71. The Morgan fingerprint density at radius 1 is 1.54 bits per heavy atom. The van der Waals surface area contributed by atoms with E-state index in [1.807, 2.05) is 5.32 Å². The van der Waals surface area contributed by atoms with E-state index >= 15 is 0 Å². The second-order valence-corrected chi connectivity index (χ2v) is 2.79. The SMILES string of the molecule is CC(=O)OC1CC(N)C(=O)NC1=O. The van der Waals surface area contributed by atoms with E-state index in [0.717, 1.165) is 0 Å². The van der Waals surface area contributed by atoms with E-state index in [9.17, 15) is 14.4 Å². The highest BCUT2D eigenvalue weighted by atomic mass is 16.5. The van der Waals surface area contributed by atoms with Gasteiger partial charge in [-0.25, -0.2) is 0 Å². The first-order valence-electron chi connectivity index (χ1n) is 3.78. The molecule has 0 bridgehead atoms. The van der Waals surface area contributed by atoms with Crippen LogP contribution < -0.4 is 11.1 Å². The van der Waals surface area contributed by atoms with Gasteiger partial charge in [-0.3, -0.25) is 19.7 Å². The van der Waals surface area contributed by atoms with Crippen LogP contribution in [0.25, 0.3) is 0 Å². The number of rotatable bonds is 1. The third-order valence-corrected chi connectivity index (χ3v) is 1.65. The van der Waals surface area contributed by atoms with E-state index < -0.39 is 29.9 Å². The molecule has 13 heavy (non-hydrogen) atoms. The van der Waals surface area contributed by atoms with Gasteiger partial charge in [0.2, 0.25) is 5.91 Å². The molecule has 2 amide bonds. The summed E-state index contributed by atoms with van der Waals surface area (Å²) in [5.41, 5.74) is 5.35. The van der Waals surface area contributed by atoms with Crippen molar-refractivity contribution in [2.24, 2.45) is 5.73 Å². The van der Waals surface area contributed by atoms with Crippen LogP contribution >= 0.6 is 0 Å². The van der Waals surface area contributed by atoms with Crippen molar-refractivity contribution < 1.29 is 19.1 Å². The van der Waals surface area contributed by atoms with Gasteiger partial charge >= 0.3 is 5.97 Å². The summed E-state index contributed by atoms with van der Waals surface area (Å²) in [5, 5.41) is 2.00. The molecule has 2 unspecified atom stereocenters. The molecule has 0 aliphatic carbocycles. The molecule has 3 N–H and O–H groups in total. The summed E-state index contributed by atoms with van der Waals surface area (Å²) in [6.45, 7) is 1.19. The Morgan fingerprint density at radius 2 is 2.15 bits per heavy atom. The molecule has 6 heteroatoms. The lowest BCUT2D eigenvalue weighted by Gasteiger charge is -2.24. The third-order valence-electron chi connectivity index (χ3n) is 1.65. The van der Waals surface area contributed by atoms with Gasteiger partial charge in [-0.05, 0) is 0 Å². The number of carbonyl (C=O) groups excluding carboxylic acids is 3. The Morgan fingerprint density at radius 3 is 2.69 bits per heavy atom.